The summed E-state index contributed by atoms with van der Waals surface area (Å²) in [5, 5.41) is 4.52. The summed E-state index contributed by atoms with van der Waals surface area (Å²) < 4.78 is 43.0. The van der Waals surface area contributed by atoms with Crippen LogP contribution >= 0.6 is 0 Å². The molecule has 0 N–H and O–H groups in total. The van der Waals surface area contributed by atoms with Crippen molar-refractivity contribution in [2.45, 2.75) is 32.6 Å². The predicted octanol–water partition coefficient (Wildman–Crippen LogP) is 5.74. The highest BCUT2D eigenvalue weighted by molar-refractivity contribution is 5.64. The van der Waals surface area contributed by atoms with Gasteiger partial charge >= 0.3 is 0 Å². The number of aromatic nitrogens is 2. The number of hydrogen-bond acceptors (Lipinski definition) is 1. The summed E-state index contributed by atoms with van der Waals surface area (Å²) in [5.74, 6) is -3.21. The van der Waals surface area contributed by atoms with Gasteiger partial charge in [0.1, 0.15) is 5.82 Å². The van der Waals surface area contributed by atoms with Crippen LogP contribution in [-0.4, -0.2) is 9.78 Å². The molecular weight excluding hydrogens is 325 g/mol. The third-order valence-electron chi connectivity index (χ3n) is 4.22. The lowest BCUT2D eigenvalue weighted by Crippen LogP contribution is -2.11. The molecule has 25 heavy (non-hydrogen) atoms. The molecule has 0 amide bonds. The van der Waals surface area contributed by atoms with Crippen LogP contribution in [-0.2, 0) is 12.3 Å². The van der Waals surface area contributed by atoms with Crippen LogP contribution in [0.4, 0.5) is 13.2 Å². The van der Waals surface area contributed by atoms with Crippen molar-refractivity contribution in [2.75, 3.05) is 0 Å². The first-order chi connectivity index (χ1) is 11.9. The van der Waals surface area contributed by atoms with E-state index in [2.05, 4.69) is 5.10 Å². The highest BCUT2D eigenvalue weighted by Gasteiger charge is 2.29. The molecule has 5 heteroatoms. The Labute approximate surface area is 144 Å². The van der Waals surface area contributed by atoms with Crippen molar-refractivity contribution in [1.29, 1.82) is 0 Å². The lowest BCUT2D eigenvalue weighted by atomic mass is 10.0. The molecular formula is C20H19F3N2. The van der Waals surface area contributed by atoms with Crippen molar-refractivity contribution >= 4 is 0 Å². The van der Waals surface area contributed by atoms with Crippen molar-refractivity contribution in [2.24, 2.45) is 0 Å². The first-order valence-electron chi connectivity index (χ1n) is 8.28. The second-order valence-corrected chi connectivity index (χ2v) is 5.90. The van der Waals surface area contributed by atoms with Crippen molar-refractivity contribution in [3.63, 3.8) is 0 Å². The third-order valence-corrected chi connectivity index (χ3v) is 4.22. The van der Waals surface area contributed by atoms with Crippen molar-refractivity contribution < 1.29 is 13.2 Å². The Kier molecular flexibility index (Phi) is 4.66. The van der Waals surface area contributed by atoms with Crippen LogP contribution in [0.25, 0.3) is 16.9 Å². The highest BCUT2D eigenvalue weighted by Crippen LogP contribution is 2.34. The lowest BCUT2D eigenvalue weighted by molar-refractivity contribution is -0.00824. The van der Waals surface area contributed by atoms with Crippen LogP contribution < -0.4 is 0 Å². The molecule has 0 radical (unpaired) electrons. The Bertz CT molecular complexity index is 867. The summed E-state index contributed by atoms with van der Waals surface area (Å²) in [6.45, 7) is 3.44. The van der Waals surface area contributed by atoms with Gasteiger partial charge in [-0.2, -0.15) is 5.10 Å². The van der Waals surface area contributed by atoms with Crippen LogP contribution in [0.2, 0.25) is 0 Å². The zero-order chi connectivity index (χ0) is 18.0. The zero-order valence-electron chi connectivity index (χ0n) is 14.1. The zero-order valence-corrected chi connectivity index (χ0v) is 14.1. The number of halogens is 3. The monoisotopic (exact) mass is 344 g/mol. The Balaban J connectivity index is 2.13. The normalized spacial score (nSPS) is 11.7. The van der Waals surface area contributed by atoms with Gasteiger partial charge in [0, 0.05) is 17.5 Å². The summed E-state index contributed by atoms with van der Waals surface area (Å²) in [5.41, 5.74) is 2.87. The molecule has 2 nitrogen and oxygen atoms in total. The SMILES string of the molecule is CCc1cc(-c2cccc(C(F)(F)CC)c2)n(-c2ccc(F)cc2)n1. The molecule has 3 rings (SSSR count). The van der Waals surface area contributed by atoms with E-state index in [1.54, 1.807) is 28.9 Å². The second-order valence-electron chi connectivity index (χ2n) is 5.90. The molecule has 1 heterocycles. The fourth-order valence-corrected chi connectivity index (χ4v) is 2.70. The van der Waals surface area contributed by atoms with E-state index < -0.39 is 5.92 Å². The fraction of sp³-hybridized carbons (Fsp3) is 0.250. The number of alkyl halides is 2. The lowest BCUT2D eigenvalue weighted by Gasteiger charge is -2.15. The van der Waals surface area contributed by atoms with Crippen molar-refractivity contribution in [3.05, 3.63) is 71.7 Å². The topological polar surface area (TPSA) is 17.8 Å². The maximum atomic E-state index is 14.1. The van der Waals surface area contributed by atoms with E-state index in [4.69, 9.17) is 0 Å². The summed E-state index contributed by atoms with van der Waals surface area (Å²) in [6.07, 6.45) is 0.458. The van der Waals surface area contributed by atoms with Crippen LogP contribution in [0.3, 0.4) is 0 Å². The van der Waals surface area contributed by atoms with Gasteiger partial charge in [-0.25, -0.2) is 17.9 Å². The molecule has 0 unspecified atom stereocenters. The first-order valence-corrected chi connectivity index (χ1v) is 8.28. The van der Waals surface area contributed by atoms with E-state index in [-0.39, 0.29) is 17.8 Å². The maximum absolute atomic E-state index is 14.1. The highest BCUT2D eigenvalue weighted by atomic mass is 19.3. The molecule has 0 saturated carbocycles. The summed E-state index contributed by atoms with van der Waals surface area (Å²) >= 11 is 0. The Morgan fingerprint density at radius 3 is 2.36 bits per heavy atom. The van der Waals surface area contributed by atoms with Gasteiger partial charge in [-0.1, -0.05) is 32.0 Å². The molecule has 0 bridgehead atoms. The van der Waals surface area contributed by atoms with Crippen molar-refractivity contribution in [1.82, 2.24) is 9.78 Å². The van der Waals surface area contributed by atoms with E-state index in [1.165, 1.54) is 31.2 Å². The molecule has 0 fully saturated rings. The number of benzene rings is 2. The molecule has 0 spiro atoms. The van der Waals surface area contributed by atoms with Gasteiger partial charge in [0.2, 0.25) is 0 Å². The van der Waals surface area contributed by atoms with Crippen molar-refractivity contribution in [3.8, 4) is 16.9 Å². The van der Waals surface area contributed by atoms with E-state index >= 15 is 0 Å². The Morgan fingerprint density at radius 2 is 1.72 bits per heavy atom. The molecule has 2 aromatic carbocycles. The van der Waals surface area contributed by atoms with Gasteiger partial charge in [0.05, 0.1) is 17.1 Å². The molecule has 1 aromatic heterocycles. The molecule has 3 aromatic rings. The van der Waals surface area contributed by atoms with Crippen LogP contribution in [0.1, 0.15) is 31.5 Å². The van der Waals surface area contributed by atoms with Gasteiger partial charge in [-0.3, -0.25) is 0 Å². The van der Waals surface area contributed by atoms with E-state index in [9.17, 15) is 13.2 Å². The van der Waals surface area contributed by atoms with E-state index in [1.807, 2.05) is 13.0 Å². The van der Waals surface area contributed by atoms with Crippen LogP contribution in [0.15, 0.2) is 54.6 Å². The summed E-state index contributed by atoms with van der Waals surface area (Å²) in [6, 6.07) is 14.2. The quantitative estimate of drug-likeness (QED) is 0.577. The van der Waals surface area contributed by atoms with Gasteiger partial charge in [-0.15, -0.1) is 0 Å². The van der Waals surface area contributed by atoms with Gasteiger partial charge in [-0.05, 0) is 42.8 Å². The molecule has 0 aliphatic rings. The van der Waals surface area contributed by atoms with Gasteiger partial charge in [0.15, 0.2) is 0 Å². The molecule has 0 atom stereocenters. The van der Waals surface area contributed by atoms with E-state index in [0.29, 0.717) is 23.4 Å². The Morgan fingerprint density at radius 1 is 1.00 bits per heavy atom. The first kappa shape index (κ1) is 17.3. The largest absolute Gasteiger partial charge is 0.273 e. The number of nitrogens with zero attached hydrogens (tertiary/aromatic N) is 2. The molecule has 0 saturated heterocycles. The average molecular weight is 344 g/mol. The van der Waals surface area contributed by atoms with Gasteiger partial charge < -0.3 is 0 Å². The van der Waals surface area contributed by atoms with Crippen LogP contribution in [0, 0.1) is 5.82 Å². The molecule has 0 aliphatic carbocycles. The van der Waals surface area contributed by atoms with Crippen LogP contribution in [0.5, 0.6) is 0 Å². The predicted molar refractivity (Wildman–Crippen MR) is 92.5 cm³/mol. The third kappa shape index (κ3) is 3.45. The number of aryl methyl sites for hydroxylation is 1. The molecule has 130 valence electrons. The minimum atomic E-state index is -2.87. The van der Waals surface area contributed by atoms with Gasteiger partial charge in [0.25, 0.3) is 5.92 Å². The Hall–Kier alpha value is -2.56. The van der Waals surface area contributed by atoms with E-state index in [0.717, 1.165) is 5.69 Å². The maximum Gasteiger partial charge on any atom is 0.273 e. The average Bonchev–Trinajstić information content (AvgIpc) is 3.07. The number of hydrogen-bond donors (Lipinski definition) is 0. The minimum absolute atomic E-state index is 0.0163. The second kappa shape index (κ2) is 6.75. The number of rotatable bonds is 5. The standard InChI is InChI=1S/C20H19F3N2/c1-3-17-13-19(25(24-17)18-10-8-16(21)9-11-18)14-6-5-7-15(12-14)20(22,23)4-2/h5-13H,3-4H2,1-2H3. The summed E-state index contributed by atoms with van der Waals surface area (Å²) in [7, 11) is 0. The fourth-order valence-electron chi connectivity index (χ4n) is 2.70. The smallest absolute Gasteiger partial charge is 0.233 e. The summed E-state index contributed by atoms with van der Waals surface area (Å²) in [4.78, 5) is 0. The molecule has 0 aliphatic heterocycles. The minimum Gasteiger partial charge on any atom is -0.233 e.